The molecule has 4 heteroatoms. The molecule has 0 amide bonds. The molecule has 4 nitrogen and oxygen atoms in total. The maximum atomic E-state index is 4.76. The fraction of sp³-hybridized carbons (Fsp3) is 0.611. The highest BCUT2D eigenvalue weighted by Gasteiger charge is 2.35. The van der Waals surface area contributed by atoms with Crippen molar-refractivity contribution in [3.63, 3.8) is 0 Å². The molecule has 3 rings (SSSR count). The molecule has 0 radical (unpaired) electrons. The van der Waals surface area contributed by atoms with Crippen LogP contribution < -0.4 is 0 Å². The van der Waals surface area contributed by atoms with Crippen molar-refractivity contribution in [2.45, 2.75) is 46.2 Å². The van der Waals surface area contributed by atoms with E-state index < -0.39 is 0 Å². The molecule has 0 atom stereocenters. The number of aromatic nitrogens is 2. The first-order valence-electron chi connectivity index (χ1n) is 8.33. The van der Waals surface area contributed by atoms with Gasteiger partial charge in [0.25, 0.3) is 0 Å². The second-order valence-corrected chi connectivity index (χ2v) is 7.20. The maximum Gasteiger partial charge on any atom is 0.133 e. The monoisotopic (exact) mass is 300 g/mol. The maximum absolute atomic E-state index is 4.76. The molecule has 0 N–H and O–H groups in total. The summed E-state index contributed by atoms with van der Waals surface area (Å²) in [5, 5.41) is 0. The van der Waals surface area contributed by atoms with Crippen LogP contribution >= 0.6 is 0 Å². The number of piperazine rings is 1. The Morgan fingerprint density at radius 2 is 1.82 bits per heavy atom. The van der Waals surface area contributed by atoms with Gasteiger partial charge in [-0.05, 0) is 46.2 Å². The van der Waals surface area contributed by atoms with Gasteiger partial charge in [-0.3, -0.25) is 9.80 Å². The van der Waals surface area contributed by atoms with Crippen molar-refractivity contribution in [3.05, 3.63) is 35.9 Å². The molecule has 2 aromatic rings. The van der Waals surface area contributed by atoms with E-state index in [1.54, 1.807) is 0 Å². The molecule has 3 heterocycles. The summed E-state index contributed by atoms with van der Waals surface area (Å²) >= 11 is 0. The van der Waals surface area contributed by atoms with E-state index in [9.17, 15) is 0 Å². The van der Waals surface area contributed by atoms with Gasteiger partial charge >= 0.3 is 0 Å². The Morgan fingerprint density at radius 3 is 2.45 bits per heavy atom. The van der Waals surface area contributed by atoms with E-state index in [4.69, 9.17) is 4.98 Å². The van der Waals surface area contributed by atoms with Crippen molar-refractivity contribution in [1.82, 2.24) is 19.2 Å². The van der Waals surface area contributed by atoms with Crippen LogP contribution in [-0.4, -0.2) is 51.4 Å². The average molecular weight is 300 g/mol. The van der Waals surface area contributed by atoms with Crippen molar-refractivity contribution in [3.8, 4) is 0 Å². The van der Waals surface area contributed by atoms with E-state index >= 15 is 0 Å². The van der Waals surface area contributed by atoms with E-state index in [1.165, 1.54) is 11.1 Å². The third-order valence-corrected chi connectivity index (χ3v) is 5.16. The van der Waals surface area contributed by atoms with Crippen LogP contribution in [0.5, 0.6) is 0 Å². The van der Waals surface area contributed by atoms with Crippen LogP contribution in [0, 0.1) is 6.92 Å². The lowest BCUT2D eigenvalue weighted by molar-refractivity contribution is 0.0338. The van der Waals surface area contributed by atoms with Crippen LogP contribution in [0.2, 0.25) is 0 Å². The van der Waals surface area contributed by atoms with Crippen molar-refractivity contribution in [2.75, 3.05) is 26.2 Å². The minimum atomic E-state index is -0.0523. The highest BCUT2D eigenvalue weighted by molar-refractivity contribution is 5.53. The Balaban J connectivity index is 1.88. The average Bonchev–Trinajstić information content (AvgIpc) is 2.93. The summed E-state index contributed by atoms with van der Waals surface area (Å²) in [4.78, 5) is 9.89. The molecule has 120 valence electrons. The zero-order chi connectivity index (χ0) is 15.9. The number of rotatable bonds is 3. The molecule has 0 spiro atoms. The lowest BCUT2D eigenvalue weighted by Gasteiger charge is -2.44. The zero-order valence-corrected chi connectivity index (χ0v) is 14.5. The van der Waals surface area contributed by atoms with Crippen LogP contribution in [0.15, 0.2) is 24.5 Å². The Bertz CT molecular complexity index is 648. The number of hydrogen-bond donors (Lipinski definition) is 0. The van der Waals surface area contributed by atoms with Gasteiger partial charge in [-0.2, -0.15) is 0 Å². The molecule has 1 saturated heterocycles. The minimum absolute atomic E-state index is 0.0523. The standard InChI is InChI=1S/C18H28N4/c1-14(2)20-9-11-21(12-10-20)18(4,5)17-19-13-16-15(3)7-6-8-22(16)17/h6-8,13-14H,9-12H2,1-5H3. The Labute approximate surface area is 133 Å². The Hall–Kier alpha value is -1.39. The van der Waals surface area contributed by atoms with Gasteiger partial charge in [-0.15, -0.1) is 0 Å². The van der Waals surface area contributed by atoms with Gasteiger partial charge in [-0.25, -0.2) is 4.98 Å². The lowest BCUT2D eigenvalue weighted by Crippen LogP contribution is -2.55. The van der Waals surface area contributed by atoms with Crippen molar-refractivity contribution < 1.29 is 0 Å². The van der Waals surface area contributed by atoms with E-state index in [1.807, 2.05) is 6.20 Å². The fourth-order valence-electron chi connectivity index (χ4n) is 3.55. The van der Waals surface area contributed by atoms with Gasteiger partial charge in [0.05, 0.1) is 17.3 Å². The summed E-state index contributed by atoms with van der Waals surface area (Å²) in [6.45, 7) is 15.8. The molecule has 1 aliphatic rings. The van der Waals surface area contributed by atoms with Crippen molar-refractivity contribution in [1.29, 1.82) is 0 Å². The van der Waals surface area contributed by atoms with Gasteiger partial charge in [0, 0.05) is 38.4 Å². The summed E-state index contributed by atoms with van der Waals surface area (Å²) in [6, 6.07) is 4.90. The second kappa shape index (κ2) is 5.67. The molecular formula is C18H28N4. The molecular weight excluding hydrogens is 272 g/mol. The predicted octanol–water partition coefficient (Wildman–Crippen LogP) is 2.90. The highest BCUT2D eigenvalue weighted by atomic mass is 15.3. The Kier molecular flexibility index (Phi) is 4.00. The van der Waals surface area contributed by atoms with Gasteiger partial charge < -0.3 is 4.40 Å². The van der Waals surface area contributed by atoms with Crippen LogP contribution in [-0.2, 0) is 5.54 Å². The first-order valence-corrected chi connectivity index (χ1v) is 8.33. The van der Waals surface area contributed by atoms with E-state index in [2.05, 4.69) is 67.1 Å². The highest BCUT2D eigenvalue weighted by Crippen LogP contribution is 2.29. The van der Waals surface area contributed by atoms with Gasteiger partial charge in [0.15, 0.2) is 0 Å². The van der Waals surface area contributed by atoms with E-state index in [0.29, 0.717) is 6.04 Å². The van der Waals surface area contributed by atoms with Crippen LogP contribution in [0.1, 0.15) is 39.1 Å². The number of imidazole rings is 1. The summed E-state index contributed by atoms with van der Waals surface area (Å²) in [6.07, 6.45) is 4.15. The van der Waals surface area contributed by atoms with Gasteiger partial charge in [0.1, 0.15) is 5.82 Å². The summed E-state index contributed by atoms with van der Waals surface area (Å²) in [7, 11) is 0. The second-order valence-electron chi connectivity index (χ2n) is 7.20. The molecule has 0 saturated carbocycles. The topological polar surface area (TPSA) is 23.8 Å². The molecule has 0 unspecified atom stereocenters. The summed E-state index contributed by atoms with van der Waals surface area (Å²) in [5.74, 6) is 1.14. The minimum Gasteiger partial charge on any atom is -0.302 e. The third-order valence-electron chi connectivity index (χ3n) is 5.16. The first-order chi connectivity index (χ1) is 10.4. The van der Waals surface area contributed by atoms with Crippen LogP contribution in [0.4, 0.5) is 0 Å². The number of pyridine rings is 1. The molecule has 2 aromatic heterocycles. The molecule has 0 aromatic carbocycles. The van der Waals surface area contributed by atoms with Crippen molar-refractivity contribution >= 4 is 5.52 Å². The SMILES string of the molecule is Cc1cccn2c(C(C)(C)N3CCN(C(C)C)CC3)ncc12. The van der Waals surface area contributed by atoms with E-state index in [-0.39, 0.29) is 5.54 Å². The third kappa shape index (κ3) is 2.55. The Morgan fingerprint density at radius 1 is 1.14 bits per heavy atom. The zero-order valence-electron chi connectivity index (χ0n) is 14.5. The smallest absolute Gasteiger partial charge is 0.133 e. The molecule has 22 heavy (non-hydrogen) atoms. The molecule has 0 aliphatic carbocycles. The van der Waals surface area contributed by atoms with Crippen molar-refractivity contribution in [2.24, 2.45) is 0 Å². The summed E-state index contributed by atoms with van der Waals surface area (Å²) in [5.41, 5.74) is 2.44. The number of hydrogen-bond acceptors (Lipinski definition) is 3. The van der Waals surface area contributed by atoms with Crippen LogP contribution in [0.25, 0.3) is 5.52 Å². The molecule has 0 bridgehead atoms. The van der Waals surface area contributed by atoms with Gasteiger partial charge in [-0.1, -0.05) is 6.07 Å². The predicted molar refractivity (Wildman–Crippen MR) is 91.2 cm³/mol. The number of aryl methyl sites for hydroxylation is 1. The number of nitrogens with zero attached hydrogens (tertiary/aromatic N) is 4. The van der Waals surface area contributed by atoms with Gasteiger partial charge in [0.2, 0.25) is 0 Å². The molecule has 1 aliphatic heterocycles. The summed E-state index contributed by atoms with van der Waals surface area (Å²) < 4.78 is 2.25. The quantitative estimate of drug-likeness (QED) is 0.871. The lowest BCUT2D eigenvalue weighted by atomic mass is 10.00. The normalized spacial score (nSPS) is 18.5. The largest absolute Gasteiger partial charge is 0.302 e. The fourth-order valence-corrected chi connectivity index (χ4v) is 3.55. The first kappa shape index (κ1) is 15.5. The van der Waals surface area contributed by atoms with Crippen LogP contribution in [0.3, 0.4) is 0 Å². The molecule has 1 fully saturated rings. The van der Waals surface area contributed by atoms with E-state index in [0.717, 1.165) is 32.0 Å². The number of fused-ring (bicyclic) bond motifs is 1.